The van der Waals surface area contributed by atoms with Gasteiger partial charge in [0.2, 0.25) is 5.91 Å². The lowest BCUT2D eigenvalue weighted by molar-refractivity contribution is -0.119. The van der Waals surface area contributed by atoms with Crippen LogP contribution in [0.3, 0.4) is 0 Å². The first-order chi connectivity index (χ1) is 14.3. The van der Waals surface area contributed by atoms with Crippen LogP contribution in [0.2, 0.25) is 0 Å². The van der Waals surface area contributed by atoms with E-state index in [2.05, 4.69) is 26.9 Å². The predicted molar refractivity (Wildman–Crippen MR) is 117 cm³/mol. The first-order valence-corrected chi connectivity index (χ1v) is 10.7. The highest BCUT2D eigenvalue weighted by Gasteiger charge is 2.29. The van der Waals surface area contributed by atoms with Gasteiger partial charge in [-0.3, -0.25) is 14.6 Å². The normalized spacial score (nSPS) is 16.3. The van der Waals surface area contributed by atoms with Crippen LogP contribution in [0.25, 0.3) is 0 Å². The molecule has 5 nitrogen and oxygen atoms in total. The second kappa shape index (κ2) is 7.89. The highest BCUT2D eigenvalue weighted by atomic mass is 32.2. The summed E-state index contributed by atoms with van der Waals surface area (Å²) in [5.41, 5.74) is 1.96. The van der Waals surface area contributed by atoms with Gasteiger partial charge in [0.15, 0.2) is 0 Å². The van der Waals surface area contributed by atoms with Gasteiger partial charge in [0.25, 0.3) is 0 Å². The predicted octanol–water partition coefficient (Wildman–Crippen LogP) is 4.03. The number of hydrogen-bond donors (Lipinski definition) is 0. The van der Waals surface area contributed by atoms with Crippen molar-refractivity contribution in [2.75, 3.05) is 42.5 Å². The van der Waals surface area contributed by atoms with Gasteiger partial charge in [-0.2, -0.15) is 0 Å². The van der Waals surface area contributed by atoms with Gasteiger partial charge in [0.1, 0.15) is 5.82 Å². The molecular weight excluding hydrogens is 380 g/mol. The van der Waals surface area contributed by atoms with Crippen LogP contribution >= 0.6 is 11.8 Å². The molecular formula is C23H22N4OS. The number of amides is 1. The molecule has 0 saturated carbocycles. The van der Waals surface area contributed by atoms with Crippen LogP contribution in [-0.2, 0) is 4.79 Å². The van der Waals surface area contributed by atoms with Crippen molar-refractivity contribution in [2.24, 2.45) is 0 Å². The van der Waals surface area contributed by atoms with Crippen molar-refractivity contribution in [3.05, 3.63) is 72.9 Å². The zero-order valence-corrected chi connectivity index (χ0v) is 16.9. The molecule has 1 saturated heterocycles. The number of hydrogen-bond acceptors (Lipinski definition) is 5. The topological polar surface area (TPSA) is 39.7 Å². The lowest BCUT2D eigenvalue weighted by Gasteiger charge is -2.37. The van der Waals surface area contributed by atoms with Crippen LogP contribution < -0.4 is 9.80 Å². The number of fused-ring (bicyclic) bond motifs is 2. The van der Waals surface area contributed by atoms with Crippen LogP contribution in [0.4, 0.5) is 17.2 Å². The Bertz CT molecular complexity index is 973. The maximum atomic E-state index is 13.4. The molecule has 0 atom stereocenters. The second-order valence-electron chi connectivity index (χ2n) is 7.22. The number of nitrogens with zero attached hydrogens (tertiary/aromatic N) is 4. The Morgan fingerprint density at radius 3 is 2.07 bits per heavy atom. The number of piperazine rings is 1. The van der Waals surface area contributed by atoms with Crippen molar-refractivity contribution >= 4 is 34.9 Å². The van der Waals surface area contributed by atoms with E-state index in [0.717, 1.165) is 53.2 Å². The van der Waals surface area contributed by atoms with Gasteiger partial charge in [-0.05, 0) is 36.4 Å². The maximum absolute atomic E-state index is 13.4. The molecule has 29 heavy (non-hydrogen) atoms. The van der Waals surface area contributed by atoms with Gasteiger partial charge in [0.05, 0.1) is 17.9 Å². The Labute approximate surface area is 175 Å². The smallest absolute Gasteiger partial charge is 0.245 e. The number of benzene rings is 2. The molecule has 1 aromatic heterocycles. The fourth-order valence-corrected chi connectivity index (χ4v) is 4.97. The van der Waals surface area contributed by atoms with Gasteiger partial charge in [-0.15, -0.1) is 0 Å². The van der Waals surface area contributed by atoms with E-state index in [4.69, 9.17) is 0 Å². The Morgan fingerprint density at radius 2 is 1.45 bits per heavy atom. The number of anilines is 3. The number of aromatic nitrogens is 1. The molecule has 2 aromatic carbocycles. The van der Waals surface area contributed by atoms with Crippen molar-refractivity contribution in [3.63, 3.8) is 0 Å². The van der Waals surface area contributed by atoms with Gasteiger partial charge in [-0.25, -0.2) is 4.98 Å². The standard InChI is InChI=1S/C23H22N4OS/c28-23(17-25-13-15-26(16-14-25)22-11-5-6-12-24-22)27-18-7-1-3-9-20(18)29-21-10-4-2-8-19(21)27/h1-12H,13-17H2. The third-order valence-corrected chi connectivity index (χ3v) is 6.52. The third kappa shape index (κ3) is 3.61. The molecule has 0 N–H and O–H groups in total. The number of carbonyl (C=O) groups is 1. The fourth-order valence-electron chi connectivity index (χ4n) is 3.91. The molecule has 0 radical (unpaired) electrons. The van der Waals surface area contributed by atoms with Gasteiger partial charge >= 0.3 is 0 Å². The Balaban J connectivity index is 1.32. The summed E-state index contributed by atoms with van der Waals surface area (Å²) < 4.78 is 0. The summed E-state index contributed by atoms with van der Waals surface area (Å²) >= 11 is 1.73. The monoisotopic (exact) mass is 402 g/mol. The average Bonchev–Trinajstić information content (AvgIpc) is 2.78. The first-order valence-electron chi connectivity index (χ1n) is 9.87. The van der Waals surface area contributed by atoms with Crippen molar-refractivity contribution in [2.45, 2.75) is 9.79 Å². The molecule has 0 unspecified atom stereocenters. The van der Waals surface area contributed by atoms with Crippen molar-refractivity contribution < 1.29 is 4.79 Å². The quantitative estimate of drug-likeness (QED) is 0.661. The van der Waals surface area contributed by atoms with Gasteiger partial charge in [0, 0.05) is 42.2 Å². The zero-order chi connectivity index (χ0) is 19.6. The van der Waals surface area contributed by atoms with Crippen LogP contribution in [0.5, 0.6) is 0 Å². The van der Waals surface area contributed by atoms with Crippen molar-refractivity contribution in [3.8, 4) is 0 Å². The molecule has 1 fully saturated rings. The van der Waals surface area contributed by atoms with Crippen LogP contribution in [0.15, 0.2) is 82.7 Å². The molecule has 2 aliphatic rings. The summed E-state index contributed by atoms with van der Waals surface area (Å²) in [5.74, 6) is 1.13. The summed E-state index contributed by atoms with van der Waals surface area (Å²) in [7, 11) is 0. The average molecular weight is 403 g/mol. The molecule has 1 amide bonds. The molecule has 0 aliphatic carbocycles. The molecule has 146 valence electrons. The number of rotatable bonds is 3. The molecule has 0 bridgehead atoms. The van der Waals surface area contributed by atoms with Gasteiger partial charge in [-0.1, -0.05) is 42.1 Å². The van der Waals surface area contributed by atoms with E-state index in [9.17, 15) is 4.79 Å². The third-order valence-electron chi connectivity index (χ3n) is 5.39. The lowest BCUT2D eigenvalue weighted by Crippen LogP contribution is -2.50. The van der Waals surface area contributed by atoms with Crippen LogP contribution in [-0.4, -0.2) is 48.5 Å². The number of carbonyl (C=O) groups excluding carboxylic acids is 1. The highest BCUT2D eigenvalue weighted by molar-refractivity contribution is 7.99. The maximum Gasteiger partial charge on any atom is 0.245 e. The lowest BCUT2D eigenvalue weighted by atomic mass is 10.2. The Hall–Kier alpha value is -2.83. The summed E-state index contributed by atoms with van der Waals surface area (Å²) in [4.78, 5) is 26.5. The Morgan fingerprint density at radius 1 is 0.828 bits per heavy atom. The molecule has 2 aliphatic heterocycles. The van der Waals surface area contributed by atoms with E-state index in [1.807, 2.05) is 65.7 Å². The van der Waals surface area contributed by atoms with Crippen molar-refractivity contribution in [1.82, 2.24) is 9.88 Å². The van der Waals surface area contributed by atoms with Crippen LogP contribution in [0.1, 0.15) is 0 Å². The van der Waals surface area contributed by atoms with E-state index >= 15 is 0 Å². The molecule has 3 aromatic rings. The van der Waals surface area contributed by atoms with Crippen molar-refractivity contribution in [1.29, 1.82) is 0 Å². The first kappa shape index (κ1) is 18.2. The SMILES string of the molecule is O=C(CN1CCN(c2ccccn2)CC1)N1c2ccccc2Sc2ccccc21. The summed E-state index contributed by atoms with van der Waals surface area (Å²) in [6.07, 6.45) is 1.83. The van der Waals surface area contributed by atoms with Crippen LogP contribution in [0, 0.1) is 0 Å². The Kier molecular flexibility index (Phi) is 4.96. The second-order valence-corrected chi connectivity index (χ2v) is 8.30. The zero-order valence-electron chi connectivity index (χ0n) is 16.1. The summed E-state index contributed by atoms with van der Waals surface area (Å²) in [6, 6.07) is 22.3. The van der Waals surface area contributed by atoms with E-state index in [-0.39, 0.29) is 5.91 Å². The number of pyridine rings is 1. The van der Waals surface area contributed by atoms with E-state index < -0.39 is 0 Å². The largest absolute Gasteiger partial charge is 0.354 e. The molecule has 0 spiro atoms. The number of para-hydroxylation sites is 2. The minimum atomic E-state index is 0.122. The minimum Gasteiger partial charge on any atom is -0.354 e. The van der Waals surface area contributed by atoms with E-state index in [1.54, 1.807) is 11.8 Å². The molecule has 5 rings (SSSR count). The summed E-state index contributed by atoms with van der Waals surface area (Å²) in [6.45, 7) is 3.90. The van der Waals surface area contributed by atoms with Gasteiger partial charge < -0.3 is 4.90 Å². The summed E-state index contributed by atoms with van der Waals surface area (Å²) in [5, 5.41) is 0. The minimum absolute atomic E-state index is 0.122. The molecule has 6 heteroatoms. The fraction of sp³-hybridized carbons (Fsp3) is 0.217. The van der Waals surface area contributed by atoms with E-state index in [0.29, 0.717) is 6.54 Å². The molecule has 3 heterocycles. The van der Waals surface area contributed by atoms with E-state index in [1.165, 1.54) is 0 Å². The highest BCUT2D eigenvalue weighted by Crippen LogP contribution is 2.47.